The van der Waals surface area contributed by atoms with Crippen molar-refractivity contribution in [2.45, 2.75) is 38.0 Å². The second-order valence-electron chi connectivity index (χ2n) is 7.60. The molecular formula is C23H27N5OS. The first kappa shape index (κ1) is 20.6. The first-order valence-corrected chi connectivity index (χ1v) is 11.3. The van der Waals surface area contributed by atoms with Gasteiger partial charge in [0.1, 0.15) is 0 Å². The number of nitrogens with zero attached hydrogens (tertiary/aromatic N) is 4. The quantitative estimate of drug-likeness (QED) is 0.563. The second kappa shape index (κ2) is 9.91. The highest BCUT2D eigenvalue weighted by molar-refractivity contribution is 7.99. The Balaban J connectivity index is 1.42. The van der Waals surface area contributed by atoms with Gasteiger partial charge in [0.2, 0.25) is 5.91 Å². The molecule has 2 aromatic carbocycles. The molecule has 0 saturated carbocycles. The van der Waals surface area contributed by atoms with Gasteiger partial charge in [-0.3, -0.25) is 14.3 Å². The summed E-state index contributed by atoms with van der Waals surface area (Å²) < 4.78 is 2.08. The van der Waals surface area contributed by atoms with Gasteiger partial charge in [0.15, 0.2) is 11.0 Å². The number of hydrogen-bond donors (Lipinski definition) is 1. The van der Waals surface area contributed by atoms with E-state index in [-0.39, 0.29) is 5.91 Å². The van der Waals surface area contributed by atoms with Crippen molar-refractivity contribution >= 4 is 17.7 Å². The van der Waals surface area contributed by atoms with Crippen LogP contribution in [0.2, 0.25) is 0 Å². The molecule has 1 N–H and O–H groups in total. The van der Waals surface area contributed by atoms with E-state index in [9.17, 15) is 4.79 Å². The third kappa shape index (κ3) is 5.29. The third-order valence-corrected chi connectivity index (χ3v) is 6.15. The van der Waals surface area contributed by atoms with Crippen molar-refractivity contribution in [2.24, 2.45) is 0 Å². The van der Waals surface area contributed by atoms with Crippen LogP contribution in [0, 0.1) is 6.92 Å². The van der Waals surface area contributed by atoms with Gasteiger partial charge in [0.05, 0.1) is 12.3 Å². The highest BCUT2D eigenvalue weighted by atomic mass is 32.2. The molecule has 1 aromatic heterocycles. The van der Waals surface area contributed by atoms with Crippen LogP contribution in [-0.4, -0.2) is 44.4 Å². The van der Waals surface area contributed by atoms with Crippen LogP contribution in [0.1, 0.15) is 29.8 Å². The number of rotatable bonds is 8. The zero-order valence-electron chi connectivity index (χ0n) is 17.3. The molecule has 0 aliphatic carbocycles. The van der Waals surface area contributed by atoms with Crippen LogP contribution in [0.3, 0.4) is 0 Å². The van der Waals surface area contributed by atoms with Gasteiger partial charge in [-0.05, 0) is 50.6 Å². The summed E-state index contributed by atoms with van der Waals surface area (Å²) in [6.45, 7) is 5.57. The van der Waals surface area contributed by atoms with E-state index in [1.807, 2.05) is 30.3 Å². The summed E-state index contributed by atoms with van der Waals surface area (Å²) in [6.07, 6.45) is 2.48. The lowest BCUT2D eigenvalue weighted by atomic mass is 10.1. The summed E-state index contributed by atoms with van der Waals surface area (Å²) in [4.78, 5) is 14.8. The summed E-state index contributed by atoms with van der Waals surface area (Å²) in [6, 6.07) is 18.3. The van der Waals surface area contributed by atoms with E-state index in [1.165, 1.54) is 30.2 Å². The zero-order chi connectivity index (χ0) is 20.8. The fraction of sp³-hybridized carbons (Fsp3) is 0.348. The van der Waals surface area contributed by atoms with E-state index in [0.717, 1.165) is 41.9 Å². The molecule has 1 aliphatic heterocycles. The fourth-order valence-corrected chi connectivity index (χ4v) is 4.36. The Morgan fingerprint density at radius 2 is 1.77 bits per heavy atom. The minimum Gasteiger partial charge on any atom is -0.351 e. The summed E-state index contributed by atoms with van der Waals surface area (Å²) >= 11 is 1.43. The highest BCUT2D eigenvalue weighted by Crippen LogP contribution is 2.23. The van der Waals surface area contributed by atoms with Crippen LogP contribution >= 0.6 is 11.8 Å². The molecule has 0 atom stereocenters. The topological polar surface area (TPSA) is 63.1 Å². The van der Waals surface area contributed by atoms with Crippen molar-refractivity contribution < 1.29 is 4.79 Å². The minimum absolute atomic E-state index is 0.00993. The number of likely N-dealkylation sites (tertiary alicyclic amines) is 1. The van der Waals surface area contributed by atoms with Gasteiger partial charge in [-0.25, -0.2) is 0 Å². The molecule has 1 saturated heterocycles. The molecule has 3 aromatic rings. The van der Waals surface area contributed by atoms with Crippen LogP contribution in [0.25, 0.3) is 5.69 Å². The van der Waals surface area contributed by atoms with Crippen molar-refractivity contribution in [2.75, 3.05) is 18.8 Å². The number of amides is 1. The summed E-state index contributed by atoms with van der Waals surface area (Å²) in [5.41, 5.74) is 3.34. The van der Waals surface area contributed by atoms with Gasteiger partial charge in [-0.15, -0.1) is 10.2 Å². The minimum atomic E-state index is -0.00993. The van der Waals surface area contributed by atoms with Gasteiger partial charge in [0.25, 0.3) is 0 Å². The van der Waals surface area contributed by atoms with Crippen molar-refractivity contribution in [3.05, 3.63) is 71.5 Å². The average Bonchev–Trinajstić information content (AvgIpc) is 3.43. The lowest BCUT2D eigenvalue weighted by Crippen LogP contribution is -2.24. The molecule has 0 unspecified atom stereocenters. The van der Waals surface area contributed by atoms with Gasteiger partial charge in [0, 0.05) is 12.2 Å². The predicted octanol–water partition coefficient (Wildman–Crippen LogP) is 3.58. The number of aromatic nitrogens is 3. The number of aryl methyl sites for hydroxylation is 1. The van der Waals surface area contributed by atoms with E-state index in [4.69, 9.17) is 0 Å². The molecule has 2 heterocycles. The summed E-state index contributed by atoms with van der Waals surface area (Å²) in [5.74, 6) is 1.22. The van der Waals surface area contributed by atoms with Gasteiger partial charge >= 0.3 is 0 Å². The van der Waals surface area contributed by atoms with Crippen LogP contribution < -0.4 is 5.32 Å². The number of para-hydroxylation sites is 1. The van der Waals surface area contributed by atoms with E-state index in [2.05, 4.69) is 56.2 Å². The first-order chi connectivity index (χ1) is 14.7. The van der Waals surface area contributed by atoms with Crippen LogP contribution in [0.4, 0.5) is 0 Å². The maximum absolute atomic E-state index is 12.4. The Morgan fingerprint density at radius 3 is 2.50 bits per heavy atom. The zero-order valence-corrected chi connectivity index (χ0v) is 18.1. The monoisotopic (exact) mass is 421 g/mol. The van der Waals surface area contributed by atoms with Crippen LogP contribution in [0.5, 0.6) is 0 Å². The smallest absolute Gasteiger partial charge is 0.230 e. The van der Waals surface area contributed by atoms with Gasteiger partial charge < -0.3 is 5.32 Å². The van der Waals surface area contributed by atoms with Gasteiger partial charge in [-0.2, -0.15) is 0 Å². The lowest BCUT2D eigenvalue weighted by molar-refractivity contribution is -0.118. The largest absolute Gasteiger partial charge is 0.351 e. The Hall–Kier alpha value is -2.64. The highest BCUT2D eigenvalue weighted by Gasteiger charge is 2.20. The maximum Gasteiger partial charge on any atom is 0.230 e. The molecule has 0 radical (unpaired) electrons. The number of carbonyl (C=O) groups excluding carboxylic acids is 1. The SMILES string of the molecule is Cc1ccc(CNC(=O)CSc2nnc(CN3CCCC3)n2-c2ccccc2)cc1. The molecule has 7 heteroatoms. The fourth-order valence-electron chi connectivity index (χ4n) is 3.56. The summed E-state index contributed by atoms with van der Waals surface area (Å²) in [5, 5.41) is 12.6. The van der Waals surface area contributed by atoms with Crippen LogP contribution in [0.15, 0.2) is 59.8 Å². The average molecular weight is 422 g/mol. The lowest BCUT2D eigenvalue weighted by Gasteiger charge is -2.16. The number of carbonyl (C=O) groups is 1. The van der Waals surface area contributed by atoms with Crippen molar-refractivity contribution in [3.8, 4) is 5.69 Å². The number of thioether (sulfide) groups is 1. The van der Waals surface area contributed by atoms with E-state index >= 15 is 0 Å². The standard InChI is InChI=1S/C23H27N5OS/c1-18-9-11-19(12-10-18)15-24-22(29)17-30-23-26-25-21(16-27-13-5-6-14-27)28(23)20-7-3-2-4-8-20/h2-4,7-12H,5-6,13-17H2,1H3,(H,24,29). The molecule has 0 spiro atoms. The van der Waals surface area contributed by atoms with Crippen molar-refractivity contribution in [1.82, 2.24) is 25.0 Å². The number of benzene rings is 2. The van der Waals surface area contributed by atoms with E-state index < -0.39 is 0 Å². The molecular weight excluding hydrogens is 394 g/mol. The number of hydrogen-bond acceptors (Lipinski definition) is 5. The third-order valence-electron chi connectivity index (χ3n) is 5.22. The Labute approximate surface area is 181 Å². The van der Waals surface area contributed by atoms with E-state index in [1.54, 1.807) is 0 Å². The molecule has 156 valence electrons. The maximum atomic E-state index is 12.4. The molecule has 1 aliphatic rings. The number of nitrogens with one attached hydrogen (secondary N) is 1. The van der Waals surface area contributed by atoms with E-state index in [0.29, 0.717) is 12.3 Å². The Kier molecular flexibility index (Phi) is 6.81. The molecule has 30 heavy (non-hydrogen) atoms. The van der Waals surface area contributed by atoms with Crippen molar-refractivity contribution in [1.29, 1.82) is 0 Å². The predicted molar refractivity (Wildman–Crippen MR) is 120 cm³/mol. The molecule has 1 fully saturated rings. The van der Waals surface area contributed by atoms with Gasteiger partial charge in [-0.1, -0.05) is 59.8 Å². The molecule has 0 bridgehead atoms. The summed E-state index contributed by atoms with van der Waals surface area (Å²) in [7, 11) is 0. The first-order valence-electron chi connectivity index (χ1n) is 10.4. The normalized spacial score (nSPS) is 14.2. The Bertz CT molecular complexity index is 965. The Morgan fingerprint density at radius 1 is 1.03 bits per heavy atom. The second-order valence-corrected chi connectivity index (χ2v) is 8.55. The van der Waals surface area contributed by atoms with Crippen molar-refractivity contribution in [3.63, 3.8) is 0 Å². The molecule has 4 rings (SSSR count). The van der Waals surface area contributed by atoms with Crippen LogP contribution in [-0.2, 0) is 17.9 Å². The molecule has 1 amide bonds. The molecule has 6 nitrogen and oxygen atoms in total.